The Morgan fingerprint density at radius 2 is 2.22 bits per heavy atom. The third-order valence-electron chi connectivity index (χ3n) is 3.82. The zero-order valence-electron chi connectivity index (χ0n) is 10.9. The average molecular weight is 247 g/mol. The Hall–Kier alpha value is -1.06. The quantitative estimate of drug-likeness (QED) is 0.835. The lowest BCUT2D eigenvalue weighted by Crippen LogP contribution is -2.53. The largest absolute Gasteiger partial charge is 0.494 e. The normalized spacial score (nSPS) is 21.4. The van der Waals surface area contributed by atoms with Gasteiger partial charge in [0.15, 0.2) is 0 Å². The molecule has 0 bridgehead atoms. The van der Waals surface area contributed by atoms with Crippen LogP contribution in [0.4, 0.5) is 0 Å². The van der Waals surface area contributed by atoms with Gasteiger partial charge in [0.05, 0.1) is 25.2 Å². The van der Waals surface area contributed by atoms with Crippen LogP contribution >= 0.6 is 0 Å². The second-order valence-electron chi connectivity index (χ2n) is 5.39. The maximum Gasteiger partial charge on any atom is 0.119 e. The highest BCUT2D eigenvalue weighted by Crippen LogP contribution is 2.34. The van der Waals surface area contributed by atoms with Crippen LogP contribution in [-0.2, 0) is 10.2 Å². The summed E-state index contributed by atoms with van der Waals surface area (Å²) in [6.45, 7) is 5.40. The van der Waals surface area contributed by atoms with E-state index in [0.717, 1.165) is 31.5 Å². The average Bonchev–Trinajstić information content (AvgIpc) is 3.13. The first-order chi connectivity index (χ1) is 8.82. The van der Waals surface area contributed by atoms with E-state index in [2.05, 4.69) is 23.5 Å². The first-order valence-electron chi connectivity index (χ1n) is 6.87. The highest BCUT2D eigenvalue weighted by Gasteiger charge is 2.41. The number of ether oxygens (including phenoxy) is 2. The summed E-state index contributed by atoms with van der Waals surface area (Å²) in [6, 6.07) is 9.21. The van der Waals surface area contributed by atoms with Crippen LogP contribution in [0.25, 0.3) is 0 Å². The van der Waals surface area contributed by atoms with Gasteiger partial charge in [-0.05, 0) is 37.5 Å². The van der Waals surface area contributed by atoms with Gasteiger partial charge in [-0.3, -0.25) is 0 Å². The van der Waals surface area contributed by atoms with Crippen molar-refractivity contribution in [2.24, 2.45) is 0 Å². The first-order valence-corrected chi connectivity index (χ1v) is 6.87. The van der Waals surface area contributed by atoms with E-state index in [0.29, 0.717) is 6.61 Å². The van der Waals surface area contributed by atoms with E-state index in [1.165, 1.54) is 18.4 Å². The Bertz CT molecular complexity index is 411. The molecule has 0 spiro atoms. The van der Waals surface area contributed by atoms with E-state index in [4.69, 9.17) is 9.47 Å². The molecule has 2 fully saturated rings. The van der Waals surface area contributed by atoms with Gasteiger partial charge in [-0.1, -0.05) is 12.1 Å². The highest BCUT2D eigenvalue weighted by molar-refractivity contribution is 5.36. The van der Waals surface area contributed by atoms with E-state index in [1.807, 2.05) is 13.0 Å². The fourth-order valence-electron chi connectivity index (χ4n) is 2.43. The van der Waals surface area contributed by atoms with Gasteiger partial charge in [-0.2, -0.15) is 0 Å². The molecule has 3 rings (SSSR count). The molecule has 98 valence electrons. The molecule has 1 aromatic rings. The van der Waals surface area contributed by atoms with Gasteiger partial charge in [0, 0.05) is 12.6 Å². The molecule has 0 unspecified atom stereocenters. The first kappa shape index (κ1) is 12.0. The molecule has 1 saturated heterocycles. The summed E-state index contributed by atoms with van der Waals surface area (Å²) < 4.78 is 11.1. The number of hydrogen-bond acceptors (Lipinski definition) is 3. The summed E-state index contributed by atoms with van der Waals surface area (Å²) >= 11 is 0. The summed E-state index contributed by atoms with van der Waals surface area (Å²) in [5.74, 6) is 0.965. The van der Waals surface area contributed by atoms with E-state index in [-0.39, 0.29) is 5.41 Å². The minimum absolute atomic E-state index is 0.162. The zero-order valence-corrected chi connectivity index (χ0v) is 10.9. The smallest absolute Gasteiger partial charge is 0.119 e. The predicted molar refractivity (Wildman–Crippen MR) is 71.1 cm³/mol. The molecule has 3 heteroatoms. The van der Waals surface area contributed by atoms with Crippen molar-refractivity contribution in [3.05, 3.63) is 29.8 Å². The third-order valence-corrected chi connectivity index (χ3v) is 3.82. The van der Waals surface area contributed by atoms with Crippen LogP contribution < -0.4 is 10.1 Å². The van der Waals surface area contributed by atoms with Gasteiger partial charge in [-0.25, -0.2) is 0 Å². The molecule has 0 aromatic heterocycles. The molecule has 1 N–H and O–H groups in total. The van der Waals surface area contributed by atoms with Crippen molar-refractivity contribution in [1.29, 1.82) is 0 Å². The topological polar surface area (TPSA) is 30.5 Å². The molecule has 0 atom stereocenters. The predicted octanol–water partition coefficient (Wildman–Crippen LogP) is 2.11. The molecule has 3 nitrogen and oxygen atoms in total. The second-order valence-corrected chi connectivity index (χ2v) is 5.39. The summed E-state index contributed by atoms with van der Waals surface area (Å²) in [4.78, 5) is 0. The Morgan fingerprint density at radius 1 is 1.39 bits per heavy atom. The van der Waals surface area contributed by atoms with Crippen molar-refractivity contribution >= 4 is 0 Å². The van der Waals surface area contributed by atoms with Crippen molar-refractivity contribution in [2.75, 3.05) is 26.4 Å². The fourth-order valence-corrected chi connectivity index (χ4v) is 2.43. The fraction of sp³-hybridized carbons (Fsp3) is 0.600. The summed E-state index contributed by atoms with van der Waals surface area (Å²) in [5.41, 5.74) is 1.50. The van der Waals surface area contributed by atoms with Crippen molar-refractivity contribution < 1.29 is 9.47 Å². The van der Waals surface area contributed by atoms with Crippen molar-refractivity contribution in [3.63, 3.8) is 0 Å². The highest BCUT2D eigenvalue weighted by atomic mass is 16.5. The van der Waals surface area contributed by atoms with Gasteiger partial charge in [-0.15, -0.1) is 0 Å². The summed E-state index contributed by atoms with van der Waals surface area (Å²) in [6.07, 6.45) is 2.66. The van der Waals surface area contributed by atoms with Crippen LogP contribution in [0.2, 0.25) is 0 Å². The minimum Gasteiger partial charge on any atom is -0.494 e. The Kier molecular flexibility index (Phi) is 3.27. The van der Waals surface area contributed by atoms with Crippen LogP contribution in [0.1, 0.15) is 25.3 Å². The lowest BCUT2D eigenvalue weighted by atomic mass is 9.78. The minimum atomic E-state index is 0.162. The SMILES string of the molecule is CCOc1cccc(C2(CNC3CC3)COC2)c1. The molecule has 0 radical (unpaired) electrons. The molecule has 1 heterocycles. The Morgan fingerprint density at radius 3 is 2.83 bits per heavy atom. The monoisotopic (exact) mass is 247 g/mol. The van der Waals surface area contributed by atoms with Gasteiger partial charge < -0.3 is 14.8 Å². The molecule has 18 heavy (non-hydrogen) atoms. The number of nitrogens with one attached hydrogen (secondary N) is 1. The molecular formula is C15H21NO2. The molecular weight excluding hydrogens is 226 g/mol. The lowest BCUT2D eigenvalue weighted by molar-refractivity contribution is -0.0592. The Balaban J connectivity index is 1.74. The van der Waals surface area contributed by atoms with Crippen LogP contribution in [0.3, 0.4) is 0 Å². The molecule has 2 aliphatic rings. The Labute approximate surface area is 108 Å². The second kappa shape index (κ2) is 4.90. The molecule has 1 aliphatic carbocycles. The third kappa shape index (κ3) is 2.38. The van der Waals surface area contributed by atoms with Crippen LogP contribution in [-0.4, -0.2) is 32.4 Å². The van der Waals surface area contributed by atoms with Crippen molar-refractivity contribution in [3.8, 4) is 5.75 Å². The van der Waals surface area contributed by atoms with Crippen LogP contribution in [0.5, 0.6) is 5.75 Å². The van der Waals surface area contributed by atoms with Gasteiger partial charge >= 0.3 is 0 Å². The number of hydrogen-bond donors (Lipinski definition) is 1. The lowest BCUT2D eigenvalue weighted by Gasteiger charge is -2.42. The molecule has 1 aliphatic heterocycles. The number of benzene rings is 1. The van der Waals surface area contributed by atoms with Gasteiger partial charge in [0.1, 0.15) is 5.75 Å². The van der Waals surface area contributed by atoms with Gasteiger partial charge in [0.25, 0.3) is 0 Å². The summed E-state index contributed by atoms with van der Waals surface area (Å²) in [5, 5.41) is 3.63. The molecule has 0 amide bonds. The van der Waals surface area contributed by atoms with Crippen molar-refractivity contribution in [1.82, 2.24) is 5.32 Å². The molecule has 1 aromatic carbocycles. The zero-order chi connectivity index (χ0) is 12.4. The van der Waals surface area contributed by atoms with Crippen LogP contribution in [0.15, 0.2) is 24.3 Å². The maximum absolute atomic E-state index is 5.59. The van der Waals surface area contributed by atoms with Gasteiger partial charge in [0.2, 0.25) is 0 Å². The maximum atomic E-state index is 5.59. The van der Waals surface area contributed by atoms with Crippen molar-refractivity contribution in [2.45, 2.75) is 31.2 Å². The van der Waals surface area contributed by atoms with Crippen LogP contribution in [0, 0.1) is 0 Å². The van der Waals surface area contributed by atoms with E-state index in [9.17, 15) is 0 Å². The summed E-state index contributed by atoms with van der Waals surface area (Å²) in [7, 11) is 0. The molecule has 1 saturated carbocycles. The van der Waals surface area contributed by atoms with E-state index >= 15 is 0 Å². The standard InChI is InChI=1S/C15H21NO2/c1-2-18-14-5-3-4-12(8-14)15(10-17-11-15)9-16-13-6-7-13/h3-5,8,13,16H,2,6-7,9-11H2,1H3. The number of rotatable bonds is 6. The van der Waals surface area contributed by atoms with E-state index < -0.39 is 0 Å². The van der Waals surface area contributed by atoms with E-state index in [1.54, 1.807) is 0 Å².